The van der Waals surface area contributed by atoms with Gasteiger partial charge in [-0.3, -0.25) is 24.0 Å². The van der Waals surface area contributed by atoms with E-state index in [9.17, 15) is 38.4 Å². The lowest BCUT2D eigenvalue weighted by Gasteiger charge is -2.25. The molecule has 15 heteroatoms. The van der Waals surface area contributed by atoms with Gasteiger partial charge in [-0.15, -0.1) is 0 Å². The van der Waals surface area contributed by atoms with E-state index in [2.05, 4.69) is 26.6 Å². The third-order valence-corrected chi connectivity index (χ3v) is 6.58. The van der Waals surface area contributed by atoms with E-state index < -0.39 is 109 Å². The fourth-order valence-corrected chi connectivity index (χ4v) is 3.65. The van der Waals surface area contributed by atoms with Crippen molar-refractivity contribution in [2.75, 3.05) is 26.9 Å². The monoisotopic (exact) mass is 644 g/mol. The number of nitrogens with one attached hydrogen (secondary N) is 5. The predicted molar refractivity (Wildman–Crippen MR) is 164 cm³/mol. The van der Waals surface area contributed by atoms with Crippen LogP contribution in [0, 0.1) is 17.8 Å². The molecule has 5 amide bonds. The minimum atomic E-state index is -1.48. The van der Waals surface area contributed by atoms with Crippen LogP contribution in [0.15, 0.2) is 0 Å². The van der Waals surface area contributed by atoms with Crippen LogP contribution in [-0.2, 0) is 47.8 Å². The van der Waals surface area contributed by atoms with Gasteiger partial charge >= 0.3 is 0 Å². The van der Waals surface area contributed by atoms with Gasteiger partial charge in [-0.25, -0.2) is 0 Å². The van der Waals surface area contributed by atoms with Crippen molar-refractivity contribution >= 4 is 48.3 Å². The summed E-state index contributed by atoms with van der Waals surface area (Å²) in [5, 5.41) is 12.1. The molecule has 0 rings (SSSR count). The average Bonchev–Trinajstić information content (AvgIpc) is 2.98. The van der Waals surface area contributed by atoms with Crippen molar-refractivity contribution in [1.29, 1.82) is 0 Å². The predicted octanol–water partition coefficient (Wildman–Crippen LogP) is -0.801. The second kappa shape index (κ2) is 22.7. The van der Waals surface area contributed by atoms with Gasteiger partial charge in [0.2, 0.25) is 29.5 Å². The van der Waals surface area contributed by atoms with E-state index in [-0.39, 0.29) is 32.5 Å². The van der Waals surface area contributed by atoms with E-state index in [4.69, 9.17) is 13.6 Å². The topological polar surface area (TPSA) is 215 Å². The molecule has 0 aliphatic rings. The Morgan fingerprint density at radius 2 is 1.00 bits per heavy atom. The molecule has 0 radical (unpaired) electrons. The van der Waals surface area contributed by atoms with Crippen molar-refractivity contribution in [3.63, 3.8) is 0 Å². The smallest absolute Gasteiger partial charge is 0.246 e. The molecule has 0 saturated heterocycles. The van der Waals surface area contributed by atoms with Gasteiger partial charge in [0.1, 0.15) is 41.6 Å². The highest BCUT2D eigenvalue weighted by Gasteiger charge is 2.30. The Morgan fingerprint density at radius 1 is 0.600 bits per heavy atom. The molecular formula is C30H51N5O10. The minimum Gasteiger partial charge on any atom is -0.382 e. The van der Waals surface area contributed by atoms with Gasteiger partial charge < -0.3 is 50.4 Å². The van der Waals surface area contributed by atoms with Gasteiger partial charge in [-0.1, -0.05) is 41.5 Å². The maximum absolute atomic E-state index is 13.5. The summed E-state index contributed by atoms with van der Waals surface area (Å²) in [5.74, 6) is -5.26. The van der Waals surface area contributed by atoms with E-state index in [1.165, 1.54) is 7.11 Å². The average molecular weight is 645 g/mol. The van der Waals surface area contributed by atoms with Crippen molar-refractivity contribution in [2.45, 2.75) is 97.4 Å². The van der Waals surface area contributed by atoms with Crippen molar-refractivity contribution in [1.82, 2.24) is 26.6 Å². The molecule has 256 valence electrons. The molecule has 45 heavy (non-hydrogen) atoms. The number of hydrogen-bond donors (Lipinski definition) is 5. The molecule has 5 atom stereocenters. The lowest BCUT2D eigenvalue weighted by Crippen LogP contribution is -2.56. The zero-order valence-electron chi connectivity index (χ0n) is 30.2. The van der Waals surface area contributed by atoms with Gasteiger partial charge in [0.25, 0.3) is 0 Å². The molecular weight excluding hydrogens is 590 g/mol. The lowest BCUT2D eigenvalue weighted by molar-refractivity contribution is -0.135. The molecule has 0 aliphatic carbocycles. The van der Waals surface area contributed by atoms with Crippen molar-refractivity contribution in [3.8, 4) is 0 Å². The highest BCUT2D eigenvalue weighted by Crippen LogP contribution is 2.08. The summed E-state index contributed by atoms with van der Waals surface area (Å²) in [6.07, 6.45) is -4.56. The van der Waals surface area contributed by atoms with E-state index in [1.807, 2.05) is 0 Å². The van der Waals surface area contributed by atoms with Crippen LogP contribution in [0.5, 0.6) is 0 Å². The number of methoxy groups -OCH3 is 1. The molecule has 0 heterocycles. The molecule has 0 aromatic carbocycles. The first kappa shape index (κ1) is 35.8. The van der Waals surface area contributed by atoms with Gasteiger partial charge in [0.15, 0.2) is 0 Å². The van der Waals surface area contributed by atoms with Gasteiger partial charge in [0, 0.05) is 20.0 Å². The summed E-state index contributed by atoms with van der Waals surface area (Å²) >= 11 is 0. The van der Waals surface area contributed by atoms with Crippen LogP contribution in [0.3, 0.4) is 0 Å². The number of amides is 5. The Kier molecular flexibility index (Phi) is 18.1. The van der Waals surface area contributed by atoms with Crippen molar-refractivity contribution < 1.29 is 51.9 Å². The first-order chi connectivity index (χ1) is 22.3. The Balaban J connectivity index is 6.12. The standard InChI is InChI=1S/C30H51N5O10/c1-18(2)23(14-36)32-26(39)10-8-21(31-28(41)17-45-13-12-44-7)29(42)34-22(30(43)35-25(16-38)20(5)6)9-11-27(40)33-24(15-37)19(3)4/h14-16,18-25H,8-13,17H2,1-7H3,(H,31,41)(H,32,39)(H,33,40)(H,34,42)(H,35,43)/i14D,15D,16D. The summed E-state index contributed by atoms with van der Waals surface area (Å²) in [7, 11) is 1.43. The first-order valence-corrected chi connectivity index (χ1v) is 14.9. The highest BCUT2D eigenvalue weighted by atomic mass is 16.5. The number of aldehydes is 3. The van der Waals surface area contributed by atoms with Gasteiger partial charge in [-0.2, -0.15) is 0 Å². The number of carbonyl (C=O) groups excluding carboxylic acids is 8. The van der Waals surface area contributed by atoms with Crippen LogP contribution >= 0.6 is 0 Å². The SMILES string of the molecule is [2H]C(=O)C(NC(=O)CCC(NC(=O)COCCOC)C(=O)NC(CCC(=O)NC(C([2H])=O)C(C)C)C(=O)NC(C([2H])=O)C(C)C)C(C)C. The first-order valence-electron chi connectivity index (χ1n) is 16.4. The third-order valence-electron chi connectivity index (χ3n) is 6.58. The van der Waals surface area contributed by atoms with E-state index >= 15 is 0 Å². The highest BCUT2D eigenvalue weighted by molar-refractivity contribution is 5.93. The molecule has 0 saturated carbocycles. The summed E-state index contributed by atoms with van der Waals surface area (Å²) in [6, 6.07) is -6.35. The van der Waals surface area contributed by atoms with E-state index in [1.54, 1.807) is 41.5 Å². The van der Waals surface area contributed by atoms with Gasteiger partial charge in [-0.05, 0) is 30.6 Å². The molecule has 0 bridgehead atoms. The summed E-state index contributed by atoms with van der Waals surface area (Å²) in [5.41, 5.74) is 0. The quantitative estimate of drug-likeness (QED) is 0.0651. The Bertz CT molecular complexity index is 1140. The molecule has 15 nitrogen and oxygen atoms in total. The zero-order valence-corrected chi connectivity index (χ0v) is 27.2. The molecule has 5 unspecified atom stereocenters. The number of rotatable bonds is 24. The van der Waals surface area contributed by atoms with Crippen molar-refractivity contribution in [3.05, 3.63) is 0 Å². The summed E-state index contributed by atoms with van der Waals surface area (Å²) in [6.45, 7) is 9.49. The number of ether oxygens (including phenoxy) is 2. The third kappa shape index (κ3) is 17.4. The maximum Gasteiger partial charge on any atom is 0.246 e. The zero-order chi connectivity index (χ0) is 37.1. The van der Waals surface area contributed by atoms with Crippen LogP contribution in [0.4, 0.5) is 0 Å². The number of hydrogen-bond acceptors (Lipinski definition) is 10. The van der Waals surface area contributed by atoms with Crippen LogP contribution < -0.4 is 26.6 Å². The Hall–Kier alpha value is -3.72. The van der Waals surface area contributed by atoms with Crippen LogP contribution in [0.25, 0.3) is 0 Å². The molecule has 0 fully saturated rings. The molecule has 0 aromatic rings. The number of carbonyl (C=O) groups is 8. The molecule has 5 N–H and O–H groups in total. The summed E-state index contributed by atoms with van der Waals surface area (Å²) < 4.78 is 32.3. The van der Waals surface area contributed by atoms with Crippen LogP contribution in [-0.4, -0.2) is 105 Å². The lowest BCUT2D eigenvalue weighted by atomic mass is 10.0. The summed E-state index contributed by atoms with van der Waals surface area (Å²) in [4.78, 5) is 99.8. The molecule has 0 aliphatic heterocycles. The van der Waals surface area contributed by atoms with E-state index in [0.29, 0.717) is 0 Å². The maximum atomic E-state index is 13.5. The van der Waals surface area contributed by atoms with Gasteiger partial charge in [0.05, 0.1) is 31.3 Å². The fourth-order valence-electron chi connectivity index (χ4n) is 3.65. The fraction of sp³-hybridized carbons (Fsp3) is 0.733. The minimum absolute atomic E-state index is 0.0699. The van der Waals surface area contributed by atoms with E-state index in [0.717, 1.165) is 0 Å². The normalized spacial score (nSPS) is 15.4. The largest absolute Gasteiger partial charge is 0.382 e. The Labute approximate surface area is 269 Å². The van der Waals surface area contributed by atoms with Crippen LogP contribution in [0.1, 0.15) is 71.3 Å². The second-order valence-corrected chi connectivity index (χ2v) is 11.5. The van der Waals surface area contributed by atoms with Crippen molar-refractivity contribution in [2.24, 2.45) is 17.8 Å². The van der Waals surface area contributed by atoms with Crippen LogP contribution in [0.2, 0.25) is 0 Å². The molecule has 0 spiro atoms. The second-order valence-electron chi connectivity index (χ2n) is 11.5. The molecule has 0 aromatic heterocycles. The Morgan fingerprint density at radius 3 is 1.40 bits per heavy atom.